The number of benzene rings is 1. The van der Waals surface area contributed by atoms with Crippen molar-refractivity contribution >= 4 is 6.29 Å². The Morgan fingerprint density at radius 2 is 1.81 bits per heavy atom. The zero-order valence-corrected chi connectivity index (χ0v) is 8.62. The van der Waals surface area contributed by atoms with Crippen LogP contribution in [0.4, 0.5) is 13.2 Å². The second kappa shape index (κ2) is 4.65. The predicted octanol–water partition coefficient (Wildman–Crippen LogP) is 2.72. The molecule has 0 spiro atoms. The van der Waals surface area contributed by atoms with Crippen LogP contribution in [0.1, 0.15) is 12.5 Å². The van der Waals surface area contributed by atoms with E-state index in [0.29, 0.717) is 12.5 Å². The van der Waals surface area contributed by atoms with Gasteiger partial charge in [-0.25, -0.2) is 0 Å². The average molecular weight is 232 g/mol. The summed E-state index contributed by atoms with van der Waals surface area (Å²) in [6, 6.07) is 8.37. The fourth-order valence-electron chi connectivity index (χ4n) is 0.990. The first-order chi connectivity index (χ1) is 7.39. The molecule has 16 heavy (non-hydrogen) atoms. The van der Waals surface area contributed by atoms with E-state index in [9.17, 15) is 18.0 Å². The third-order valence-corrected chi connectivity index (χ3v) is 2.17. The van der Waals surface area contributed by atoms with E-state index in [1.54, 1.807) is 30.3 Å². The lowest BCUT2D eigenvalue weighted by Gasteiger charge is -2.26. The highest BCUT2D eigenvalue weighted by Crippen LogP contribution is 2.32. The summed E-state index contributed by atoms with van der Waals surface area (Å²) in [4.78, 5) is 10.4. The van der Waals surface area contributed by atoms with Crippen molar-refractivity contribution in [1.29, 1.82) is 0 Å². The third kappa shape index (κ3) is 2.82. The molecule has 0 aliphatic rings. The van der Waals surface area contributed by atoms with Crippen molar-refractivity contribution in [1.82, 2.24) is 0 Å². The van der Waals surface area contributed by atoms with Gasteiger partial charge >= 0.3 is 6.18 Å². The van der Waals surface area contributed by atoms with Gasteiger partial charge in [0.15, 0.2) is 6.29 Å². The summed E-state index contributed by atoms with van der Waals surface area (Å²) in [6.07, 6.45) is -4.93. The van der Waals surface area contributed by atoms with E-state index in [1.165, 1.54) is 0 Å². The molecule has 0 N–H and O–H groups in total. The largest absolute Gasteiger partial charge is 0.424 e. The molecule has 5 heteroatoms. The summed E-state index contributed by atoms with van der Waals surface area (Å²) in [6.45, 7) is 0.457. The van der Waals surface area contributed by atoms with Crippen LogP contribution in [0.15, 0.2) is 30.3 Å². The van der Waals surface area contributed by atoms with Crippen molar-refractivity contribution in [3.63, 3.8) is 0 Å². The molecule has 0 radical (unpaired) electrons. The van der Waals surface area contributed by atoms with Crippen LogP contribution in [-0.4, -0.2) is 18.1 Å². The van der Waals surface area contributed by atoms with Crippen molar-refractivity contribution < 1.29 is 22.7 Å². The van der Waals surface area contributed by atoms with E-state index in [4.69, 9.17) is 0 Å². The summed E-state index contributed by atoms with van der Waals surface area (Å²) in [5.74, 6) is 0. The summed E-state index contributed by atoms with van der Waals surface area (Å²) < 4.78 is 42.0. The minimum Gasteiger partial charge on any atom is -0.354 e. The minimum absolute atomic E-state index is 0.226. The highest BCUT2D eigenvalue weighted by Gasteiger charge is 2.52. The zero-order chi connectivity index (χ0) is 12.2. The maximum absolute atomic E-state index is 12.5. The molecular formula is C11H11F3O2. The molecule has 1 aromatic rings. The second-order valence-corrected chi connectivity index (χ2v) is 3.50. The van der Waals surface area contributed by atoms with Crippen molar-refractivity contribution in [2.75, 3.05) is 0 Å². The Labute approximate surface area is 91.0 Å². The van der Waals surface area contributed by atoms with E-state index < -0.39 is 11.8 Å². The molecule has 0 amide bonds. The van der Waals surface area contributed by atoms with Gasteiger partial charge in [-0.15, -0.1) is 0 Å². The Kier molecular flexibility index (Phi) is 3.70. The van der Waals surface area contributed by atoms with Gasteiger partial charge in [0.05, 0.1) is 6.61 Å². The van der Waals surface area contributed by atoms with Gasteiger partial charge in [-0.1, -0.05) is 30.3 Å². The standard InChI is InChI=1S/C11H11F3O2/c1-10(8-15,11(12,13)14)16-7-9-5-3-2-4-6-9/h2-6,8H,7H2,1H3. The quantitative estimate of drug-likeness (QED) is 0.746. The summed E-state index contributed by atoms with van der Waals surface area (Å²) >= 11 is 0. The molecule has 0 aliphatic carbocycles. The number of aldehydes is 1. The van der Waals surface area contributed by atoms with Crippen LogP contribution in [0.5, 0.6) is 0 Å². The Balaban J connectivity index is 2.70. The zero-order valence-electron chi connectivity index (χ0n) is 8.62. The van der Waals surface area contributed by atoms with Crippen LogP contribution in [0.3, 0.4) is 0 Å². The number of carbonyl (C=O) groups excluding carboxylic acids is 1. The van der Waals surface area contributed by atoms with Crippen molar-refractivity contribution in [2.24, 2.45) is 0 Å². The Bertz CT molecular complexity index is 348. The fourth-order valence-corrected chi connectivity index (χ4v) is 0.990. The normalized spacial score (nSPS) is 15.5. The molecular weight excluding hydrogens is 221 g/mol. The van der Waals surface area contributed by atoms with Gasteiger partial charge in [-0.05, 0) is 12.5 Å². The molecule has 0 fully saturated rings. The Hall–Kier alpha value is -1.36. The predicted molar refractivity (Wildman–Crippen MR) is 51.8 cm³/mol. The smallest absolute Gasteiger partial charge is 0.354 e. The van der Waals surface area contributed by atoms with Gasteiger partial charge < -0.3 is 4.74 Å². The molecule has 2 nitrogen and oxygen atoms in total. The highest BCUT2D eigenvalue weighted by atomic mass is 19.4. The van der Waals surface area contributed by atoms with Gasteiger partial charge in [0.1, 0.15) is 0 Å². The van der Waals surface area contributed by atoms with Crippen molar-refractivity contribution in [2.45, 2.75) is 25.3 Å². The first-order valence-electron chi connectivity index (χ1n) is 4.60. The van der Waals surface area contributed by atoms with Gasteiger partial charge in [-0.2, -0.15) is 13.2 Å². The fraction of sp³-hybridized carbons (Fsp3) is 0.364. The van der Waals surface area contributed by atoms with Crippen LogP contribution in [0, 0.1) is 0 Å². The average Bonchev–Trinajstić information content (AvgIpc) is 2.26. The van der Waals surface area contributed by atoms with E-state index in [1.807, 2.05) is 0 Å². The van der Waals surface area contributed by atoms with E-state index in [0.717, 1.165) is 0 Å². The maximum Gasteiger partial charge on any atom is 0.424 e. The number of alkyl halides is 3. The van der Waals surface area contributed by atoms with E-state index >= 15 is 0 Å². The molecule has 1 aromatic carbocycles. The van der Waals surface area contributed by atoms with Gasteiger partial charge in [0.2, 0.25) is 5.60 Å². The van der Waals surface area contributed by atoms with Gasteiger partial charge in [-0.3, -0.25) is 4.79 Å². The van der Waals surface area contributed by atoms with E-state index in [2.05, 4.69) is 4.74 Å². The SMILES string of the molecule is CC(C=O)(OCc1ccccc1)C(F)(F)F. The van der Waals surface area contributed by atoms with Crippen LogP contribution in [-0.2, 0) is 16.1 Å². The summed E-state index contributed by atoms with van der Waals surface area (Å²) in [7, 11) is 0. The number of rotatable bonds is 4. The van der Waals surface area contributed by atoms with Crippen molar-refractivity contribution in [3.05, 3.63) is 35.9 Å². The molecule has 0 bridgehead atoms. The number of hydrogen-bond acceptors (Lipinski definition) is 2. The molecule has 1 unspecified atom stereocenters. The number of carbonyl (C=O) groups is 1. The topological polar surface area (TPSA) is 26.3 Å². The van der Waals surface area contributed by atoms with Crippen molar-refractivity contribution in [3.8, 4) is 0 Å². The van der Waals surface area contributed by atoms with Crippen LogP contribution in [0.25, 0.3) is 0 Å². The first-order valence-corrected chi connectivity index (χ1v) is 4.60. The minimum atomic E-state index is -4.70. The Morgan fingerprint density at radius 3 is 2.25 bits per heavy atom. The summed E-state index contributed by atoms with van der Waals surface area (Å²) in [5.41, 5.74) is -2.16. The number of ether oxygens (including phenoxy) is 1. The molecule has 0 heterocycles. The van der Waals surface area contributed by atoms with Gasteiger partial charge in [0, 0.05) is 0 Å². The first kappa shape index (κ1) is 12.7. The van der Waals surface area contributed by atoms with E-state index in [-0.39, 0.29) is 12.9 Å². The third-order valence-electron chi connectivity index (χ3n) is 2.17. The molecule has 88 valence electrons. The molecule has 0 saturated carbocycles. The molecule has 1 atom stereocenters. The summed E-state index contributed by atoms with van der Waals surface area (Å²) in [5, 5.41) is 0. The lowest BCUT2D eigenvalue weighted by molar-refractivity contribution is -0.257. The molecule has 0 aliphatic heterocycles. The molecule has 1 rings (SSSR count). The lowest BCUT2D eigenvalue weighted by Crippen LogP contribution is -2.46. The van der Waals surface area contributed by atoms with Crippen LogP contribution in [0.2, 0.25) is 0 Å². The Morgan fingerprint density at radius 1 is 1.25 bits per heavy atom. The monoisotopic (exact) mass is 232 g/mol. The lowest BCUT2D eigenvalue weighted by atomic mass is 10.1. The maximum atomic E-state index is 12.5. The molecule has 0 saturated heterocycles. The molecule has 0 aromatic heterocycles. The number of halogens is 3. The van der Waals surface area contributed by atoms with Gasteiger partial charge in [0.25, 0.3) is 0 Å². The second-order valence-electron chi connectivity index (χ2n) is 3.50. The van der Waals surface area contributed by atoms with Crippen LogP contribution < -0.4 is 0 Å². The number of hydrogen-bond donors (Lipinski definition) is 0. The van der Waals surface area contributed by atoms with Crippen LogP contribution >= 0.6 is 0 Å². The highest BCUT2D eigenvalue weighted by molar-refractivity contribution is 5.63.